The lowest BCUT2D eigenvalue weighted by Crippen LogP contribution is -2.27. The van der Waals surface area contributed by atoms with Gasteiger partial charge in [0.15, 0.2) is 5.16 Å². The van der Waals surface area contributed by atoms with Crippen molar-refractivity contribution < 1.29 is 4.79 Å². The Labute approximate surface area is 235 Å². The van der Waals surface area contributed by atoms with Crippen LogP contribution in [0.4, 0.5) is 5.69 Å². The molecule has 0 radical (unpaired) electrons. The monoisotopic (exact) mass is 548 g/mol. The highest BCUT2D eigenvalue weighted by Gasteiger charge is 2.21. The summed E-state index contributed by atoms with van der Waals surface area (Å²) in [6.07, 6.45) is 3.40. The molecule has 1 atom stereocenters. The summed E-state index contributed by atoms with van der Waals surface area (Å²) in [7, 11) is 0. The van der Waals surface area contributed by atoms with Crippen molar-refractivity contribution in [1.82, 2.24) is 14.5 Å². The Balaban J connectivity index is 1.53. The molecule has 4 aromatic rings. The topological polar surface area (TPSA) is 50.2 Å². The number of carbonyl (C=O) groups is 1. The fourth-order valence-corrected chi connectivity index (χ4v) is 5.79. The SMILES string of the molecule is CCCN(CCC)CCc1ccc(-n2c(S[C@@H](C)C(=O)Nc3ccc(C)cc3Cl)nc3ccccc32)cc1. The third kappa shape index (κ3) is 6.99. The van der Waals surface area contributed by atoms with Crippen LogP contribution in [-0.2, 0) is 11.2 Å². The van der Waals surface area contributed by atoms with Crippen molar-refractivity contribution in [3.63, 3.8) is 0 Å². The van der Waals surface area contributed by atoms with E-state index in [-0.39, 0.29) is 11.2 Å². The Morgan fingerprint density at radius 1 is 1.03 bits per heavy atom. The largest absolute Gasteiger partial charge is 0.324 e. The Hall–Kier alpha value is -2.80. The van der Waals surface area contributed by atoms with Crippen LogP contribution in [-0.4, -0.2) is 45.2 Å². The van der Waals surface area contributed by atoms with E-state index in [4.69, 9.17) is 16.6 Å². The first-order valence-electron chi connectivity index (χ1n) is 13.4. The van der Waals surface area contributed by atoms with E-state index in [1.165, 1.54) is 30.2 Å². The summed E-state index contributed by atoms with van der Waals surface area (Å²) in [5, 5.41) is 3.92. The number of anilines is 1. The lowest BCUT2D eigenvalue weighted by Gasteiger charge is -2.21. The van der Waals surface area contributed by atoms with Crippen LogP contribution < -0.4 is 5.32 Å². The standard InChI is InChI=1S/C31H37ClN4OS/c1-5-18-35(19-6-2)20-17-24-12-14-25(15-13-24)36-29-10-8-7-9-28(29)34-31(36)38-23(4)30(37)33-27-16-11-22(3)21-26(27)32/h7-16,21,23H,5-6,17-20H2,1-4H3,(H,33,37)/t23-/m0/s1. The van der Waals surface area contributed by atoms with Crippen molar-refractivity contribution in [2.24, 2.45) is 0 Å². The predicted molar refractivity (Wildman–Crippen MR) is 162 cm³/mol. The number of imidazole rings is 1. The van der Waals surface area contributed by atoms with Crippen LogP contribution >= 0.6 is 23.4 Å². The second-order valence-electron chi connectivity index (χ2n) is 9.71. The number of fused-ring (bicyclic) bond motifs is 1. The number of para-hydroxylation sites is 2. The maximum atomic E-state index is 13.0. The van der Waals surface area contributed by atoms with Crippen molar-refractivity contribution in [2.75, 3.05) is 25.0 Å². The first-order valence-corrected chi connectivity index (χ1v) is 14.7. The van der Waals surface area contributed by atoms with Crippen molar-refractivity contribution in [3.05, 3.63) is 82.9 Å². The summed E-state index contributed by atoms with van der Waals surface area (Å²) in [5.74, 6) is -0.113. The Bertz CT molecular complexity index is 1360. The van der Waals surface area contributed by atoms with Crippen molar-refractivity contribution >= 4 is 46.0 Å². The average Bonchev–Trinajstić information content (AvgIpc) is 3.27. The molecular formula is C31H37ClN4OS. The molecule has 0 bridgehead atoms. The van der Waals surface area contributed by atoms with Crippen LogP contribution in [0.1, 0.15) is 44.7 Å². The van der Waals surface area contributed by atoms with Crippen molar-refractivity contribution in [1.29, 1.82) is 0 Å². The molecule has 200 valence electrons. The van der Waals surface area contributed by atoms with Gasteiger partial charge in [-0.1, -0.05) is 67.5 Å². The highest BCUT2D eigenvalue weighted by atomic mass is 35.5. The van der Waals surface area contributed by atoms with Crippen LogP contribution in [0.15, 0.2) is 71.9 Å². The second kappa shape index (κ2) is 13.3. The fraction of sp³-hybridized carbons (Fsp3) is 0.355. The van der Waals surface area contributed by atoms with Gasteiger partial charge in [0, 0.05) is 12.2 Å². The first kappa shape index (κ1) is 28.2. The molecule has 1 N–H and O–H groups in total. The van der Waals surface area contributed by atoms with Gasteiger partial charge in [-0.25, -0.2) is 4.98 Å². The van der Waals surface area contributed by atoms with Crippen LogP contribution in [0.2, 0.25) is 5.02 Å². The molecular weight excluding hydrogens is 512 g/mol. The molecule has 0 aliphatic rings. The number of aryl methyl sites for hydroxylation is 1. The van der Waals surface area contributed by atoms with Gasteiger partial charge in [0.1, 0.15) is 0 Å². The number of thioether (sulfide) groups is 1. The molecule has 4 rings (SSSR count). The Morgan fingerprint density at radius 3 is 2.42 bits per heavy atom. The number of nitrogens with zero attached hydrogens (tertiary/aromatic N) is 3. The number of aromatic nitrogens is 2. The van der Waals surface area contributed by atoms with E-state index < -0.39 is 0 Å². The number of halogens is 1. The zero-order valence-electron chi connectivity index (χ0n) is 22.7. The van der Waals surface area contributed by atoms with Crippen LogP contribution in [0.25, 0.3) is 16.7 Å². The lowest BCUT2D eigenvalue weighted by molar-refractivity contribution is -0.115. The number of nitrogens with one attached hydrogen (secondary N) is 1. The highest BCUT2D eigenvalue weighted by molar-refractivity contribution is 8.00. The molecule has 38 heavy (non-hydrogen) atoms. The summed E-state index contributed by atoms with van der Waals surface area (Å²) >= 11 is 7.79. The minimum atomic E-state index is -0.370. The van der Waals surface area contributed by atoms with E-state index >= 15 is 0 Å². The van der Waals surface area contributed by atoms with E-state index in [1.807, 2.05) is 50.2 Å². The van der Waals surface area contributed by atoms with Crippen molar-refractivity contribution in [3.8, 4) is 5.69 Å². The second-order valence-corrected chi connectivity index (χ2v) is 11.4. The molecule has 7 heteroatoms. The van der Waals surface area contributed by atoms with Gasteiger partial charge < -0.3 is 10.2 Å². The van der Waals surface area contributed by atoms with Crippen LogP contribution in [0, 0.1) is 6.92 Å². The highest BCUT2D eigenvalue weighted by Crippen LogP contribution is 2.32. The van der Waals surface area contributed by atoms with Crippen LogP contribution in [0.3, 0.4) is 0 Å². The minimum absolute atomic E-state index is 0.113. The van der Waals surface area contributed by atoms with Crippen molar-refractivity contribution in [2.45, 2.75) is 57.4 Å². The summed E-state index contributed by atoms with van der Waals surface area (Å²) in [5.41, 5.74) is 5.96. The number of benzene rings is 3. The van der Waals surface area contributed by atoms with E-state index in [2.05, 4.69) is 59.0 Å². The lowest BCUT2D eigenvalue weighted by atomic mass is 10.1. The maximum Gasteiger partial charge on any atom is 0.237 e. The van der Waals surface area contributed by atoms with Gasteiger partial charge in [-0.15, -0.1) is 0 Å². The molecule has 0 unspecified atom stereocenters. The fourth-order valence-electron chi connectivity index (χ4n) is 4.57. The quantitative estimate of drug-likeness (QED) is 0.184. The number of hydrogen-bond acceptors (Lipinski definition) is 4. The van der Waals surface area contributed by atoms with Gasteiger partial charge in [-0.3, -0.25) is 9.36 Å². The molecule has 0 saturated heterocycles. The molecule has 0 fully saturated rings. The van der Waals surface area contributed by atoms with E-state index in [0.717, 1.165) is 53.5 Å². The van der Waals surface area contributed by atoms with Gasteiger partial charge in [0.05, 0.1) is 27.0 Å². The molecule has 0 spiro atoms. The number of rotatable bonds is 12. The van der Waals surface area contributed by atoms with E-state index in [1.54, 1.807) is 0 Å². The summed E-state index contributed by atoms with van der Waals surface area (Å²) in [6, 6.07) is 22.5. The third-order valence-electron chi connectivity index (χ3n) is 6.55. The van der Waals surface area contributed by atoms with Gasteiger partial charge in [-0.05, 0) is 93.7 Å². The molecule has 5 nitrogen and oxygen atoms in total. The number of carbonyl (C=O) groups excluding carboxylic acids is 1. The van der Waals surface area contributed by atoms with E-state index in [0.29, 0.717) is 10.7 Å². The Kier molecular flexibility index (Phi) is 9.89. The molecule has 0 saturated carbocycles. The molecule has 1 amide bonds. The molecule has 1 heterocycles. The zero-order chi connectivity index (χ0) is 27.1. The van der Waals surface area contributed by atoms with Gasteiger partial charge >= 0.3 is 0 Å². The maximum absolute atomic E-state index is 13.0. The predicted octanol–water partition coefficient (Wildman–Crippen LogP) is 7.77. The van der Waals surface area contributed by atoms with Gasteiger partial charge in [-0.2, -0.15) is 0 Å². The Morgan fingerprint density at radius 2 is 1.74 bits per heavy atom. The minimum Gasteiger partial charge on any atom is -0.324 e. The summed E-state index contributed by atoms with van der Waals surface area (Å²) in [6.45, 7) is 11.7. The third-order valence-corrected chi connectivity index (χ3v) is 7.92. The smallest absolute Gasteiger partial charge is 0.237 e. The normalized spacial score (nSPS) is 12.3. The molecule has 1 aromatic heterocycles. The van der Waals surface area contributed by atoms with Gasteiger partial charge in [0.25, 0.3) is 0 Å². The number of amides is 1. The molecule has 0 aliphatic carbocycles. The zero-order valence-corrected chi connectivity index (χ0v) is 24.3. The van der Waals surface area contributed by atoms with E-state index in [9.17, 15) is 4.79 Å². The molecule has 0 aliphatic heterocycles. The summed E-state index contributed by atoms with van der Waals surface area (Å²) < 4.78 is 2.15. The van der Waals surface area contributed by atoms with Crippen LogP contribution in [0.5, 0.6) is 0 Å². The molecule has 3 aromatic carbocycles. The first-order chi connectivity index (χ1) is 18.4. The average molecular weight is 549 g/mol. The van der Waals surface area contributed by atoms with Gasteiger partial charge in [0.2, 0.25) is 5.91 Å². The number of hydrogen-bond donors (Lipinski definition) is 1. The summed E-state index contributed by atoms with van der Waals surface area (Å²) in [4.78, 5) is 20.5.